The largest absolute Gasteiger partial charge is 0.478 e. The Bertz CT molecular complexity index is 1750. The molecule has 0 radical (unpaired) electrons. The van der Waals surface area contributed by atoms with Gasteiger partial charge in [-0.15, -0.1) is 0 Å². The molecule has 0 aliphatic heterocycles. The lowest BCUT2D eigenvalue weighted by molar-refractivity contribution is 0.0697. The smallest absolute Gasteiger partial charge is 0.336 e. The Kier molecular flexibility index (Phi) is 8.31. The number of nitrogens with one attached hydrogen (secondary N) is 1. The third kappa shape index (κ3) is 5.93. The number of aryl methyl sites for hydroxylation is 1. The van der Waals surface area contributed by atoms with Crippen LogP contribution in [0, 0.1) is 13.8 Å². The van der Waals surface area contributed by atoms with E-state index in [4.69, 9.17) is 0 Å². The monoisotopic (exact) mass is 656 g/mol. The van der Waals surface area contributed by atoms with E-state index < -0.39 is 5.97 Å². The molecule has 4 aromatic carbocycles. The van der Waals surface area contributed by atoms with Crippen LogP contribution >= 0.6 is 22.6 Å². The number of carbonyl (C=O) groups is 2. The molecule has 0 bridgehead atoms. The maximum Gasteiger partial charge on any atom is 0.336 e. The summed E-state index contributed by atoms with van der Waals surface area (Å²) in [4.78, 5) is 24.9. The van der Waals surface area contributed by atoms with Crippen molar-refractivity contribution >= 4 is 45.4 Å². The third-order valence-electron chi connectivity index (χ3n) is 7.79. The average Bonchev–Trinajstić information content (AvgIpc) is 3.21. The van der Waals surface area contributed by atoms with Crippen LogP contribution in [0.4, 0.5) is 0 Å². The number of carbonyl (C=O) groups excluding carboxylic acids is 1. The number of carboxylic acid groups (broad SMARTS) is 1. The van der Waals surface area contributed by atoms with Crippen molar-refractivity contribution in [1.29, 1.82) is 0 Å². The molecule has 208 valence electrons. The van der Waals surface area contributed by atoms with Crippen molar-refractivity contribution in [3.63, 3.8) is 0 Å². The predicted molar refractivity (Wildman–Crippen MR) is 174 cm³/mol. The number of hydrogen-bond acceptors (Lipinski definition) is 2. The lowest BCUT2D eigenvalue weighted by atomic mass is 9.99. The molecule has 6 heteroatoms. The normalized spacial score (nSPS) is 12.0. The fourth-order valence-corrected chi connectivity index (χ4v) is 5.92. The molecule has 5 rings (SSSR count). The molecule has 0 saturated heterocycles. The Labute approximate surface area is 254 Å². The van der Waals surface area contributed by atoms with Crippen LogP contribution in [0.15, 0.2) is 91.0 Å². The van der Waals surface area contributed by atoms with E-state index in [9.17, 15) is 14.7 Å². The van der Waals surface area contributed by atoms with Crippen molar-refractivity contribution in [3.05, 3.63) is 130 Å². The summed E-state index contributed by atoms with van der Waals surface area (Å²) in [6.45, 7) is 9.21. The van der Waals surface area contributed by atoms with Gasteiger partial charge in [-0.05, 0) is 77.4 Å². The summed E-state index contributed by atoms with van der Waals surface area (Å²) in [5, 5.41) is 13.8. The second-order valence-electron chi connectivity index (χ2n) is 10.7. The van der Waals surface area contributed by atoms with Crippen molar-refractivity contribution in [2.75, 3.05) is 0 Å². The quantitative estimate of drug-likeness (QED) is 0.0998. The molecule has 0 spiro atoms. The first-order valence-corrected chi connectivity index (χ1v) is 14.9. The Morgan fingerprint density at radius 1 is 0.878 bits per heavy atom. The zero-order valence-corrected chi connectivity index (χ0v) is 25.8. The number of fused-ring (bicyclic) bond motifs is 1. The summed E-state index contributed by atoms with van der Waals surface area (Å²) in [5.41, 5.74) is 9.34. The average molecular weight is 657 g/mol. The van der Waals surface area contributed by atoms with Crippen molar-refractivity contribution in [1.82, 2.24) is 9.88 Å². The van der Waals surface area contributed by atoms with E-state index >= 15 is 0 Å². The first-order chi connectivity index (χ1) is 19.6. The minimum absolute atomic E-state index is 0.0942. The van der Waals surface area contributed by atoms with Gasteiger partial charge in [-0.2, -0.15) is 0 Å². The highest BCUT2D eigenvalue weighted by Crippen LogP contribution is 2.30. The molecular formula is C35H33IN2O3. The number of halogens is 1. The fraction of sp³-hybridized carbons (Fsp3) is 0.200. The number of benzene rings is 4. The molecule has 1 aromatic heterocycles. The number of aromatic carboxylic acids is 1. The zero-order chi connectivity index (χ0) is 29.3. The Balaban J connectivity index is 1.37. The van der Waals surface area contributed by atoms with Gasteiger partial charge < -0.3 is 15.0 Å². The van der Waals surface area contributed by atoms with E-state index in [0.29, 0.717) is 29.2 Å². The Morgan fingerprint density at radius 3 is 2.29 bits per heavy atom. The summed E-state index contributed by atoms with van der Waals surface area (Å²) < 4.78 is 2.14. The molecular weight excluding hydrogens is 623 g/mol. The number of hydrogen-bond donors (Lipinski definition) is 2. The highest BCUT2D eigenvalue weighted by Gasteiger charge is 2.18. The number of aromatic nitrogens is 1. The molecule has 0 fully saturated rings. The van der Waals surface area contributed by atoms with Crippen molar-refractivity contribution in [2.45, 2.75) is 44.2 Å². The van der Waals surface area contributed by atoms with Gasteiger partial charge in [0.2, 0.25) is 0 Å². The van der Waals surface area contributed by atoms with Gasteiger partial charge in [0.1, 0.15) is 4.05 Å². The van der Waals surface area contributed by atoms with Crippen LogP contribution in [0.2, 0.25) is 0 Å². The standard InChI is InChI=1S/C35H33IN2O3/c1-21(2)26-8-7-9-27(18-26)33(36)37-34(39)28-16-17-32-31(19-28)22(3)23(4)38(32)20-24-12-14-25(15-13-24)29-10-5-6-11-30(29)35(40)41/h5-19,21,33H,20H2,1-4H3,(H,37,39)(H,40,41)/t33-/m1/s1. The van der Waals surface area contributed by atoms with Crippen LogP contribution in [-0.2, 0) is 6.54 Å². The lowest BCUT2D eigenvalue weighted by Crippen LogP contribution is -2.25. The molecule has 0 unspecified atom stereocenters. The second kappa shape index (κ2) is 11.9. The van der Waals surface area contributed by atoms with Crippen LogP contribution in [0.3, 0.4) is 0 Å². The van der Waals surface area contributed by atoms with Gasteiger partial charge in [-0.25, -0.2) is 4.79 Å². The first-order valence-electron chi connectivity index (χ1n) is 13.7. The number of alkyl halides is 1. The van der Waals surface area contributed by atoms with Crippen LogP contribution in [0.1, 0.15) is 72.5 Å². The molecule has 0 aliphatic carbocycles. The molecule has 1 atom stereocenters. The zero-order valence-electron chi connectivity index (χ0n) is 23.6. The summed E-state index contributed by atoms with van der Waals surface area (Å²) >= 11 is 2.28. The van der Waals surface area contributed by atoms with Crippen LogP contribution < -0.4 is 5.32 Å². The molecule has 1 amide bonds. The van der Waals surface area contributed by atoms with E-state index in [0.717, 1.165) is 38.9 Å². The van der Waals surface area contributed by atoms with Crippen molar-refractivity contribution in [3.8, 4) is 11.1 Å². The molecule has 41 heavy (non-hydrogen) atoms. The molecule has 1 heterocycles. The van der Waals surface area contributed by atoms with Gasteiger partial charge in [0.15, 0.2) is 0 Å². The third-order valence-corrected chi connectivity index (χ3v) is 8.82. The van der Waals surface area contributed by atoms with Gasteiger partial charge >= 0.3 is 5.97 Å². The molecule has 5 nitrogen and oxygen atoms in total. The lowest BCUT2D eigenvalue weighted by Gasteiger charge is -2.15. The Hall–Kier alpha value is -3.91. The molecule has 0 aliphatic rings. The number of nitrogens with zero attached hydrogens (tertiary/aromatic N) is 1. The van der Waals surface area contributed by atoms with E-state index in [-0.39, 0.29) is 9.96 Å². The summed E-state index contributed by atoms with van der Waals surface area (Å²) in [5.74, 6) is -0.598. The summed E-state index contributed by atoms with van der Waals surface area (Å²) in [7, 11) is 0. The SMILES string of the molecule is Cc1c(C)n(Cc2ccc(-c3ccccc3C(=O)O)cc2)c2ccc(C(=O)N[C@@H](I)c3cccc(C(C)C)c3)cc12. The van der Waals surface area contributed by atoms with Crippen LogP contribution in [0.25, 0.3) is 22.0 Å². The van der Waals surface area contributed by atoms with E-state index in [1.165, 1.54) is 5.56 Å². The van der Waals surface area contributed by atoms with E-state index in [1.807, 2.05) is 60.7 Å². The van der Waals surface area contributed by atoms with Crippen LogP contribution in [0.5, 0.6) is 0 Å². The van der Waals surface area contributed by atoms with E-state index in [1.54, 1.807) is 12.1 Å². The highest BCUT2D eigenvalue weighted by molar-refractivity contribution is 14.1. The van der Waals surface area contributed by atoms with Crippen molar-refractivity contribution < 1.29 is 14.7 Å². The first kappa shape index (κ1) is 28.6. The molecule has 2 N–H and O–H groups in total. The number of carboxylic acids is 1. The van der Waals surface area contributed by atoms with Crippen LogP contribution in [-0.4, -0.2) is 21.6 Å². The van der Waals surface area contributed by atoms with Gasteiger partial charge in [0, 0.05) is 28.7 Å². The highest BCUT2D eigenvalue weighted by atomic mass is 127. The topological polar surface area (TPSA) is 71.3 Å². The summed E-state index contributed by atoms with van der Waals surface area (Å²) in [6, 6.07) is 29.4. The molecule has 5 aromatic rings. The Morgan fingerprint density at radius 2 is 1.59 bits per heavy atom. The van der Waals surface area contributed by atoms with Gasteiger partial charge in [-0.1, -0.05) is 103 Å². The maximum absolute atomic E-state index is 13.2. The van der Waals surface area contributed by atoms with Gasteiger partial charge in [-0.3, -0.25) is 4.79 Å². The number of amides is 1. The van der Waals surface area contributed by atoms with E-state index in [2.05, 4.69) is 78.4 Å². The number of rotatable bonds is 8. The predicted octanol–water partition coefficient (Wildman–Crippen LogP) is 8.66. The second-order valence-corrected chi connectivity index (χ2v) is 12.0. The van der Waals surface area contributed by atoms with Crippen molar-refractivity contribution in [2.24, 2.45) is 0 Å². The molecule has 0 saturated carbocycles. The minimum Gasteiger partial charge on any atom is -0.478 e. The fourth-order valence-electron chi connectivity index (χ4n) is 5.25. The van der Waals surface area contributed by atoms with Gasteiger partial charge in [0.05, 0.1) is 5.56 Å². The minimum atomic E-state index is -0.933. The maximum atomic E-state index is 13.2. The summed E-state index contributed by atoms with van der Waals surface area (Å²) in [6.07, 6.45) is 0. The van der Waals surface area contributed by atoms with Gasteiger partial charge in [0.25, 0.3) is 5.91 Å².